The van der Waals surface area contributed by atoms with Gasteiger partial charge in [-0.15, -0.1) is 0 Å². The normalized spacial score (nSPS) is 20.0. The van der Waals surface area contributed by atoms with E-state index in [1.54, 1.807) is 0 Å². The lowest BCUT2D eigenvalue weighted by Gasteiger charge is -2.34. The number of nitrogens with zero attached hydrogens (tertiary/aromatic N) is 4. The van der Waals surface area contributed by atoms with Crippen LogP contribution in [0.25, 0.3) is 0 Å². The van der Waals surface area contributed by atoms with E-state index in [2.05, 4.69) is 56.4 Å². The zero-order valence-electron chi connectivity index (χ0n) is 18.7. The van der Waals surface area contributed by atoms with Gasteiger partial charge in [-0.05, 0) is 56.3 Å². The summed E-state index contributed by atoms with van der Waals surface area (Å²) < 4.78 is 0. The molecule has 0 aliphatic carbocycles. The molecule has 1 aromatic rings. The summed E-state index contributed by atoms with van der Waals surface area (Å²) in [6.07, 6.45) is 9.96. The van der Waals surface area contributed by atoms with Crippen molar-refractivity contribution in [2.75, 3.05) is 44.7 Å². The maximum absolute atomic E-state index is 4.65. The Morgan fingerprint density at radius 3 is 2.28 bits per heavy atom. The number of hydrogen-bond acceptors (Lipinski definition) is 4. The first-order chi connectivity index (χ1) is 14.2. The molecule has 1 atom stereocenters. The fraction of sp³-hybridized carbons (Fsp3) is 0.739. The molecule has 0 spiro atoms. The van der Waals surface area contributed by atoms with E-state index in [1.165, 1.54) is 57.2 Å². The predicted molar refractivity (Wildman–Crippen MR) is 123 cm³/mol. The van der Waals surface area contributed by atoms with Crippen LogP contribution in [0.4, 0.5) is 5.82 Å². The molecule has 2 fully saturated rings. The lowest BCUT2D eigenvalue weighted by molar-refractivity contribution is 0.161. The molecular formula is C23H40N6. The van der Waals surface area contributed by atoms with Crippen LogP contribution in [0.5, 0.6) is 0 Å². The van der Waals surface area contributed by atoms with Gasteiger partial charge in [0.25, 0.3) is 0 Å². The van der Waals surface area contributed by atoms with E-state index < -0.39 is 0 Å². The number of pyridine rings is 1. The summed E-state index contributed by atoms with van der Waals surface area (Å²) in [6, 6.07) is 4.87. The van der Waals surface area contributed by atoms with Crippen LogP contribution >= 0.6 is 0 Å². The number of hydrogen-bond donors (Lipinski definition) is 2. The standard InChI is InChI=1S/C23H40N6/c1-19(2)21(28-12-6-4-5-7-13-28)18-27-23(24-3)26-17-20-10-11-22(25-16-20)29-14-8-9-15-29/h10-11,16,19,21H,4-9,12-15,17-18H2,1-3H3,(H2,24,26,27). The maximum Gasteiger partial charge on any atom is 0.191 e. The van der Waals surface area contributed by atoms with Crippen molar-refractivity contribution in [2.24, 2.45) is 10.9 Å². The van der Waals surface area contributed by atoms with Crippen molar-refractivity contribution in [1.29, 1.82) is 0 Å². The van der Waals surface area contributed by atoms with Gasteiger partial charge in [0, 0.05) is 45.5 Å². The highest BCUT2D eigenvalue weighted by Gasteiger charge is 2.23. The molecule has 3 rings (SSSR count). The fourth-order valence-electron chi connectivity index (χ4n) is 4.48. The monoisotopic (exact) mass is 400 g/mol. The molecule has 0 amide bonds. The van der Waals surface area contributed by atoms with E-state index in [4.69, 9.17) is 0 Å². The molecule has 3 heterocycles. The first kappa shape index (κ1) is 21.9. The minimum atomic E-state index is 0.549. The second-order valence-corrected chi connectivity index (χ2v) is 8.79. The Bertz CT molecular complexity index is 613. The van der Waals surface area contributed by atoms with Crippen molar-refractivity contribution in [3.8, 4) is 0 Å². The number of anilines is 1. The summed E-state index contributed by atoms with van der Waals surface area (Å²) in [7, 11) is 1.85. The number of nitrogens with one attached hydrogen (secondary N) is 2. The quantitative estimate of drug-likeness (QED) is 0.544. The lowest BCUT2D eigenvalue weighted by atomic mass is 10.0. The summed E-state index contributed by atoms with van der Waals surface area (Å²) >= 11 is 0. The summed E-state index contributed by atoms with van der Waals surface area (Å²) in [5, 5.41) is 7.01. The lowest BCUT2D eigenvalue weighted by Crippen LogP contribution is -2.49. The minimum absolute atomic E-state index is 0.549. The van der Waals surface area contributed by atoms with E-state index in [0.717, 1.165) is 38.0 Å². The van der Waals surface area contributed by atoms with Crippen molar-refractivity contribution < 1.29 is 0 Å². The summed E-state index contributed by atoms with van der Waals surface area (Å²) in [4.78, 5) is 14.1. The Morgan fingerprint density at radius 1 is 1.00 bits per heavy atom. The molecule has 162 valence electrons. The molecule has 0 radical (unpaired) electrons. The molecule has 1 unspecified atom stereocenters. The Kier molecular flexibility index (Phi) is 8.59. The topological polar surface area (TPSA) is 55.8 Å². The van der Waals surface area contributed by atoms with Crippen molar-refractivity contribution in [3.05, 3.63) is 23.9 Å². The average molecular weight is 401 g/mol. The molecule has 1 aromatic heterocycles. The van der Waals surface area contributed by atoms with E-state index in [-0.39, 0.29) is 0 Å². The Balaban J connectivity index is 1.47. The predicted octanol–water partition coefficient (Wildman–Crippen LogP) is 3.25. The van der Waals surface area contributed by atoms with Crippen molar-refractivity contribution >= 4 is 11.8 Å². The Hall–Kier alpha value is -1.82. The first-order valence-corrected chi connectivity index (χ1v) is 11.6. The fourth-order valence-corrected chi connectivity index (χ4v) is 4.48. The van der Waals surface area contributed by atoms with E-state index in [1.807, 2.05) is 13.2 Å². The molecule has 2 N–H and O–H groups in total. The molecule has 29 heavy (non-hydrogen) atoms. The third kappa shape index (κ3) is 6.59. The van der Waals surface area contributed by atoms with Crippen LogP contribution in [-0.4, -0.2) is 61.7 Å². The van der Waals surface area contributed by atoms with Gasteiger partial charge in [0.15, 0.2) is 5.96 Å². The van der Waals surface area contributed by atoms with Crippen LogP contribution in [0.1, 0.15) is 57.9 Å². The summed E-state index contributed by atoms with van der Waals surface area (Å²) in [5.41, 5.74) is 1.18. The molecule has 2 aliphatic rings. The molecule has 0 bridgehead atoms. The number of aliphatic imine (C=N–C) groups is 1. The zero-order valence-corrected chi connectivity index (χ0v) is 18.7. The van der Waals surface area contributed by atoms with Crippen LogP contribution < -0.4 is 15.5 Å². The SMILES string of the molecule is CN=C(NCc1ccc(N2CCCC2)nc1)NCC(C(C)C)N1CCCCCC1. The van der Waals surface area contributed by atoms with Crippen molar-refractivity contribution in [3.63, 3.8) is 0 Å². The van der Waals surface area contributed by atoms with E-state index >= 15 is 0 Å². The van der Waals surface area contributed by atoms with Gasteiger partial charge in [0.2, 0.25) is 0 Å². The third-order valence-electron chi connectivity index (χ3n) is 6.28. The second kappa shape index (κ2) is 11.4. The van der Waals surface area contributed by atoms with Gasteiger partial charge in [-0.2, -0.15) is 0 Å². The largest absolute Gasteiger partial charge is 0.357 e. The average Bonchev–Trinajstić information content (AvgIpc) is 3.14. The minimum Gasteiger partial charge on any atom is -0.357 e. The Labute approximate surface area is 177 Å². The van der Waals surface area contributed by atoms with Gasteiger partial charge in [-0.25, -0.2) is 4.98 Å². The zero-order chi connectivity index (χ0) is 20.5. The van der Waals surface area contributed by atoms with Gasteiger partial charge < -0.3 is 15.5 Å². The molecule has 0 saturated carbocycles. The van der Waals surface area contributed by atoms with Crippen LogP contribution in [0.15, 0.2) is 23.3 Å². The molecule has 2 aliphatic heterocycles. The highest BCUT2D eigenvalue weighted by atomic mass is 15.2. The van der Waals surface area contributed by atoms with Gasteiger partial charge in [-0.3, -0.25) is 9.89 Å². The van der Waals surface area contributed by atoms with Crippen molar-refractivity contribution in [2.45, 2.75) is 65.0 Å². The van der Waals surface area contributed by atoms with E-state index in [0.29, 0.717) is 12.0 Å². The molecule has 6 nitrogen and oxygen atoms in total. The highest BCUT2D eigenvalue weighted by Crippen LogP contribution is 2.18. The number of guanidine groups is 1. The molecule has 2 saturated heterocycles. The van der Waals surface area contributed by atoms with Crippen LogP contribution in [0, 0.1) is 5.92 Å². The van der Waals surface area contributed by atoms with Crippen molar-refractivity contribution in [1.82, 2.24) is 20.5 Å². The second-order valence-electron chi connectivity index (χ2n) is 8.79. The van der Waals surface area contributed by atoms with Gasteiger partial charge in [0.1, 0.15) is 5.82 Å². The van der Waals surface area contributed by atoms with Gasteiger partial charge in [0.05, 0.1) is 0 Å². The van der Waals surface area contributed by atoms with Gasteiger partial charge >= 0.3 is 0 Å². The number of rotatable bonds is 7. The van der Waals surface area contributed by atoms with Crippen LogP contribution in [0.2, 0.25) is 0 Å². The third-order valence-corrected chi connectivity index (χ3v) is 6.28. The summed E-state index contributed by atoms with van der Waals surface area (Å²) in [5.74, 6) is 2.60. The van der Waals surface area contributed by atoms with Crippen LogP contribution in [0.3, 0.4) is 0 Å². The molecule has 6 heteroatoms. The molecular weight excluding hydrogens is 360 g/mol. The Morgan fingerprint density at radius 2 is 1.69 bits per heavy atom. The van der Waals surface area contributed by atoms with Crippen LogP contribution in [-0.2, 0) is 6.54 Å². The number of aromatic nitrogens is 1. The highest BCUT2D eigenvalue weighted by molar-refractivity contribution is 5.79. The smallest absolute Gasteiger partial charge is 0.191 e. The van der Waals surface area contributed by atoms with E-state index in [9.17, 15) is 0 Å². The maximum atomic E-state index is 4.65. The van der Waals surface area contributed by atoms with Gasteiger partial charge in [-0.1, -0.05) is 32.8 Å². The molecule has 0 aromatic carbocycles. The summed E-state index contributed by atoms with van der Waals surface area (Å²) in [6.45, 7) is 11.1. The first-order valence-electron chi connectivity index (χ1n) is 11.6. The number of likely N-dealkylation sites (tertiary alicyclic amines) is 1.